The van der Waals surface area contributed by atoms with Crippen molar-refractivity contribution in [2.75, 3.05) is 5.43 Å². The summed E-state index contributed by atoms with van der Waals surface area (Å²) < 4.78 is 0. The Morgan fingerprint density at radius 3 is 2.76 bits per heavy atom. The Kier molecular flexibility index (Phi) is 12.0. The molecule has 37 heavy (non-hydrogen) atoms. The van der Waals surface area contributed by atoms with E-state index < -0.39 is 12.2 Å². The highest BCUT2D eigenvalue weighted by Crippen LogP contribution is 2.34. The van der Waals surface area contributed by atoms with Crippen molar-refractivity contribution in [2.45, 2.75) is 96.2 Å². The molecule has 8 heteroatoms. The van der Waals surface area contributed by atoms with Gasteiger partial charge >= 0.3 is 0 Å². The number of nitrogens with zero attached hydrogens (tertiary/aromatic N) is 2. The van der Waals surface area contributed by atoms with Crippen molar-refractivity contribution in [1.29, 1.82) is 0 Å². The third-order valence-corrected chi connectivity index (χ3v) is 7.20. The summed E-state index contributed by atoms with van der Waals surface area (Å²) in [5, 5.41) is 30.4. The number of carbonyl (C=O) groups is 2. The lowest BCUT2D eigenvalue weighted by Crippen LogP contribution is -2.29. The van der Waals surface area contributed by atoms with Crippen molar-refractivity contribution in [3.8, 4) is 0 Å². The van der Waals surface area contributed by atoms with Gasteiger partial charge in [-0.25, -0.2) is 0 Å². The van der Waals surface area contributed by atoms with E-state index in [-0.39, 0.29) is 29.9 Å². The van der Waals surface area contributed by atoms with Crippen LogP contribution in [0.15, 0.2) is 42.6 Å². The van der Waals surface area contributed by atoms with Crippen molar-refractivity contribution < 1.29 is 19.8 Å². The Bertz CT molecular complexity index is 1020. The largest absolute Gasteiger partial charge is 0.392 e. The molecule has 1 amide bonds. The number of benzene rings is 1. The number of rotatable bonds is 16. The van der Waals surface area contributed by atoms with Gasteiger partial charge in [0, 0.05) is 35.4 Å². The number of ketones is 1. The molecule has 1 saturated carbocycles. The molecule has 4 N–H and O–H groups in total. The molecule has 2 aromatic rings. The molecule has 3 rings (SSSR count). The molecule has 8 nitrogen and oxygen atoms in total. The van der Waals surface area contributed by atoms with Crippen LogP contribution in [0.4, 0.5) is 5.82 Å². The van der Waals surface area contributed by atoms with Gasteiger partial charge in [0.25, 0.3) is 0 Å². The van der Waals surface area contributed by atoms with Crippen LogP contribution in [0.5, 0.6) is 0 Å². The van der Waals surface area contributed by atoms with E-state index in [4.69, 9.17) is 0 Å². The molecule has 1 aliphatic rings. The van der Waals surface area contributed by atoms with Crippen molar-refractivity contribution in [3.05, 3.63) is 42.6 Å². The second kappa shape index (κ2) is 15.4. The maximum Gasteiger partial charge on any atom is 0.238 e. The van der Waals surface area contributed by atoms with Crippen LogP contribution in [0.2, 0.25) is 0 Å². The van der Waals surface area contributed by atoms with E-state index >= 15 is 0 Å². The highest BCUT2D eigenvalue weighted by atomic mass is 16.3. The van der Waals surface area contributed by atoms with Crippen molar-refractivity contribution >= 4 is 28.3 Å². The number of unbranched alkanes of at least 4 members (excludes halogenated alkanes) is 6. The topological polar surface area (TPSA) is 124 Å². The number of aromatic nitrogens is 2. The van der Waals surface area contributed by atoms with Crippen molar-refractivity contribution in [1.82, 2.24) is 15.6 Å². The Hall–Kier alpha value is -2.84. The molecule has 0 saturated heterocycles. The number of fused-ring (bicyclic) bond motifs is 1. The highest BCUT2D eigenvalue weighted by molar-refractivity contribution is 5.91. The third-order valence-electron chi connectivity index (χ3n) is 7.20. The standard InChI is InChI=1S/C29H42N4O4/c1-2-3-7-13-22(34)17-18-25-24(26(35)19-27(25)36)15-8-5-4-6-9-16-28(37)31-33-29-23-14-11-10-12-21(23)20-30-32-29/h10-12,14,17-18,20,22,24-25,27,34,36H,2-9,13,15-16,19H2,1H3,(H,31,37)(H,32,33)/b18-17+/t22?,24-,25?,27?/m1/s1. The Morgan fingerprint density at radius 1 is 1.14 bits per heavy atom. The smallest absolute Gasteiger partial charge is 0.238 e. The molecule has 0 bridgehead atoms. The number of anilines is 1. The molecule has 1 aliphatic carbocycles. The summed E-state index contributed by atoms with van der Waals surface area (Å²) in [5.41, 5.74) is 5.58. The van der Waals surface area contributed by atoms with Gasteiger partial charge in [-0.05, 0) is 19.3 Å². The molecule has 0 aliphatic heterocycles. The van der Waals surface area contributed by atoms with Crippen LogP contribution in [0.1, 0.15) is 84.0 Å². The molecular formula is C29H42N4O4. The fourth-order valence-electron chi connectivity index (χ4n) is 5.04. The molecule has 1 aromatic carbocycles. The van der Waals surface area contributed by atoms with E-state index in [9.17, 15) is 19.8 Å². The number of aliphatic hydroxyl groups excluding tert-OH is 2. The SMILES string of the molecule is CCCCCC(O)/C=C/C1C(O)CC(=O)[C@@H]1CCCCCCCC(=O)NNc1nncc2ccccc12. The minimum atomic E-state index is -0.649. The lowest BCUT2D eigenvalue weighted by Gasteiger charge is -2.18. The zero-order valence-corrected chi connectivity index (χ0v) is 21.9. The van der Waals surface area contributed by atoms with Gasteiger partial charge in [-0.2, -0.15) is 5.10 Å². The summed E-state index contributed by atoms with van der Waals surface area (Å²) in [4.78, 5) is 24.6. The fourth-order valence-corrected chi connectivity index (χ4v) is 5.04. The number of nitrogens with one attached hydrogen (secondary N) is 2. The van der Waals surface area contributed by atoms with Gasteiger partial charge < -0.3 is 10.2 Å². The third kappa shape index (κ3) is 9.20. The first-order chi connectivity index (χ1) is 18.0. The Morgan fingerprint density at radius 2 is 1.92 bits per heavy atom. The van der Waals surface area contributed by atoms with Crippen LogP contribution in [-0.4, -0.2) is 44.3 Å². The van der Waals surface area contributed by atoms with Crippen molar-refractivity contribution in [3.63, 3.8) is 0 Å². The molecule has 0 radical (unpaired) electrons. The summed E-state index contributed by atoms with van der Waals surface area (Å²) in [6.07, 6.45) is 14.1. The molecule has 202 valence electrons. The number of amides is 1. The van der Waals surface area contributed by atoms with Gasteiger partial charge in [0.2, 0.25) is 5.91 Å². The van der Waals surface area contributed by atoms with E-state index in [1.54, 1.807) is 12.3 Å². The number of Topliss-reactive ketones (excluding diaryl/α,β-unsaturated/α-hetero) is 1. The number of aliphatic hydroxyl groups is 2. The van der Waals surface area contributed by atoms with Gasteiger partial charge in [-0.15, -0.1) is 5.10 Å². The zero-order chi connectivity index (χ0) is 26.5. The van der Waals surface area contributed by atoms with Gasteiger partial charge in [-0.3, -0.25) is 20.4 Å². The van der Waals surface area contributed by atoms with E-state index in [0.29, 0.717) is 12.2 Å². The van der Waals surface area contributed by atoms with E-state index in [1.165, 1.54) is 0 Å². The summed E-state index contributed by atoms with van der Waals surface area (Å²) in [6, 6.07) is 7.71. The van der Waals surface area contributed by atoms with Crippen molar-refractivity contribution in [2.24, 2.45) is 11.8 Å². The number of hydrazine groups is 1. The van der Waals surface area contributed by atoms with Gasteiger partial charge in [-0.1, -0.05) is 88.3 Å². The fraction of sp³-hybridized carbons (Fsp3) is 0.586. The second-order valence-electron chi connectivity index (χ2n) is 10.1. The zero-order valence-electron chi connectivity index (χ0n) is 21.9. The monoisotopic (exact) mass is 510 g/mol. The lowest BCUT2D eigenvalue weighted by molar-refractivity contribution is -0.122. The Labute approximate surface area is 219 Å². The quantitative estimate of drug-likeness (QED) is 0.144. The Balaban J connectivity index is 1.29. The summed E-state index contributed by atoms with van der Waals surface area (Å²) in [5.74, 6) is 0.200. The maximum absolute atomic E-state index is 12.4. The average molecular weight is 511 g/mol. The summed E-state index contributed by atoms with van der Waals surface area (Å²) in [6.45, 7) is 2.13. The number of hydrogen-bond acceptors (Lipinski definition) is 7. The van der Waals surface area contributed by atoms with Crippen LogP contribution in [-0.2, 0) is 9.59 Å². The normalized spacial score (nSPS) is 20.5. The lowest BCUT2D eigenvalue weighted by atomic mass is 9.88. The van der Waals surface area contributed by atoms with Crippen LogP contribution in [0.3, 0.4) is 0 Å². The minimum Gasteiger partial charge on any atom is -0.392 e. The predicted octanol–water partition coefficient (Wildman–Crippen LogP) is 4.87. The van der Waals surface area contributed by atoms with E-state index in [2.05, 4.69) is 28.0 Å². The molecule has 1 fully saturated rings. The first-order valence-corrected chi connectivity index (χ1v) is 13.8. The van der Waals surface area contributed by atoms with Gasteiger partial charge in [0.1, 0.15) is 5.78 Å². The summed E-state index contributed by atoms with van der Waals surface area (Å²) >= 11 is 0. The number of hydrogen-bond donors (Lipinski definition) is 4. The number of carbonyl (C=O) groups excluding carboxylic acids is 2. The van der Waals surface area contributed by atoms with Crippen LogP contribution < -0.4 is 10.9 Å². The van der Waals surface area contributed by atoms with Crippen LogP contribution in [0, 0.1) is 11.8 Å². The van der Waals surface area contributed by atoms with E-state index in [1.807, 2.05) is 30.3 Å². The molecule has 3 unspecified atom stereocenters. The first-order valence-electron chi connectivity index (χ1n) is 13.8. The molecule has 0 spiro atoms. The van der Waals surface area contributed by atoms with E-state index in [0.717, 1.165) is 75.0 Å². The summed E-state index contributed by atoms with van der Waals surface area (Å²) in [7, 11) is 0. The predicted molar refractivity (Wildman–Crippen MR) is 146 cm³/mol. The highest BCUT2D eigenvalue weighted by Gasteiger charge is 2.39. The first kappa shape index (κ1) is 28.7. The average Bonchev–Trinajstić information content (AvgIpc) is 3.17. The molecule has 1 aromatic heterocycles. The van der Waals surface area contributed by atoms with Gasteiger partial charge in [0.05, 0.1) is 18.4 Å². The second-order valence-corrected chi connectivity index (χ2v) is 10.1. The minimum absolute atomic E-state index is 0.0909. The van der Waals surface area contributed by atoms with Gasteiger partial charge in [0.15, 0.2) is 5.82 Å². The molecule has 1 heterocycles. The molecular weight excluding hydrogens is 468 g/mol. The van der Waals surface area contributed by atoms with Crippen LogP contribution in [0.25, 0.3) is 10.8 Å². The van der Waals surface area contributed by atoms with Crippen LogP contribution >= 0.6 is 0 Å². The molecule has 4 atom stereocenters. The maximum atomic E-state index is 12.4.